The molecule has 8 heteroatoms. The normalized spacial score (nSPS) is 18.5. The molecule has 4 rings (SSSR count). The van der Waals surface area contributed by atoms with Gasteiger partial charge in [-0.25, -0.2) is 9.78 Å². The number of benzene rings is 1. The fourth-order valence-corrected chi connectivity index (χ4v) is 5.07. The van der Waals surface area contributed by atoms with Gasteiger partial charge in [-0.3, -0.25) is 14.5 Å². The highest BCUT2D eigenvalue weighted by atomic mass is 32.1. The van der Waals surface area contributed by atoms with Gasteiger partial charge in [0.15, 0.2) is 5.13 Å². The summed E-state index contributed by atoms with van der Waals surface area (Å²) in [5, 5.41) is 6.15. The standard InChI is InChI=1S/C19H22N4O3S/c1-11-9-12(2)15-13(10-11)27-17(21-15)20-14(24)5-8-23-16(25)19(22-18(23)26)6-3-4-7-19/h9-10H,3-8H2,1-2H3,(H,22,26)(H,20,21,24). The number of urea groups is 1. The van der Waals surface area contributed by atoms with Crippen LogP contribution in [0.2, 0.25) is 0 Å². The summed E-state index contributed by atoms with van der Waals surface area (Å²) in [6, 6.07) is 3.72. The monoisotopic (exact) mass is 386 g/mol. The SMILES string of the molecule is Cc1cc(C)c2nc(NC(=O)CCN3C(=O)NC4(CCCC4)C3=O)sc2c1. The summed E-state index contributed by atoms with van der Waals surface area (Å²) in [6.45, 7) is 4.11. The van der Waals surface area contributed by atoms with Crippen molar-refractivity contribution in [2.75, 3.05) is 11.9 Å². The lowest BCUT2D eigenvalue weighted by atomic mass is 9.98. The van der Waals surface area contributed by atoms with Crippen molar-refractivity contribution >= 4 is 44.5 Å². The highest BCUT2D eigenvalue weighted by molar-refractivity contribution is 7.22. The van der Waals surface area contributed by atoms with Gasteiger partial charge in [0.1, 0.15) is 5.54 Å². The van der Waals surface area contributed by atoms with E-state index in [1.165, 1.54) is 16.2 Å². The number of hydrogen-bond acceptors (Lipinski definition) is 5. The Balaban J connectivity index is 1.39. The van der Waals surface area contributed by atoms with Crippen molar-refractivity contribution in [1.29, 1.82) is 0 Å². The van der Waals surface area contributed by atoms with Crippen LogP contribution in [0.1, 0.15) is 43.2 Å². The second-order valence-corrected chi connectivity index (χ2v) is 8.45. The first-order valence-electron chi connectivity index (χ1n) is 9.20. The Labute approximate surface area is 161 Å². The smallest absolute Gasteiger partial charge is 0.323 e. The van der Waals surface area contributed by atoms with Crippen LogP contribution in [0.4, 0.5) is 9.93 Å². The summed E-state index contributed by atoms with van der Waals surface area (Å²) in [5.74, 6) is -0.444. The van der Waals surface area contributed by atoms with Gasteiger partial charge in [-0.05, 0) is 43.9 Å². The van der Waals surface area contributed by atoms with Crippen LogP contribution < -0.4 is 10.6 Å². The summed E-state index contributed by atoms with van der Waals surface area (Å²) < 4.78 is 1.03. The van der Waals surface area contributed by atoms with Crippen molar-refractivity contribution in [3.63, 3.8) is 0 Å². The van der Waals surface area contributed by atoms with E-state index in [1.54, 1.807) is 0 Å². The van der Waals surface area contributed by atoms with Crippen LogP contribution >= 0.6 is 11.3 Å². The number of carbonyl (C=O) groups is 3. The third kappa shape index (κ3) is 3.18. The van der Waals surface area contributed by atoms with Crippen LogP contribution in [0.5, 0.6) is 0 Å². The first-order chi connectivity index (χ1) is 12.9. The molecule has 0 radical (unpaired) electrons. The number of nitrogens with zero attached hydrogens (tertiary/aromatic N) is 2. The van der Waals surface area contributed by atoms with Crippen LogP contribution in [0.25, 0.3) is 10.2 Å². The Bertz CT molecular complexity index is 946. The molecule has 1 saturated carbocycles. The maximum Gasteiger partial charge on any atom is 0.325 e. The van der Waals surface area contributed by atoms with Crippen molar-refractivity contribution < 1.29 is 14.4 Å². The number of fused-ring (bicyclic) bond motifs is 1. The number of amides is 4. The minimum absolute atomic E-state index is 0.0587. The van der Waals surface area contributed by atoms with Crippen molar-refractivity contribution in [3.05, 3.63) is 23.3 Å². The molecule has 2 aromatic rings. The van der Waals surface area contributed by atoms with E-state index in [2.05, 4.69) is 21.7 Å². The molecule has 0 atom stereocenters. The topological polar surface area (TPSA) is 91.4 Å². The minimum Gasteiger partial charge on any atom is -0.323 e. The lowest BCUT2D eigenvalue weighted by Gasteiger charge is -2.19. The molecule has 1 aromatic heterocycles. The molecule has 7 nitrogen and oxygen atoms in total. The van der Waals surface area contributed by atoms with Crippen LogP contribution in [-0.2, 0) is 9.59 Å². The molecular formula is C19H22N4O3S. The number of carbonyl (C=O) groups excluding carboxylic acids is 3. The van der Waals surface area contributed by atoms with E-state index in [0.29, 0.717) is 18.0 Å². The van der Waals surface area contributed by atoms with Crippen LogP contribution in [-0.4, -0.2) is 39.8 Å². The Morgan fingerprint density at radius 2 is 2.04 bits per heavy atom. The summed E-state index contributed by atoms with van der Waals surface area (Å²) in [5.41, 5.74) is 2.39. The number of rotatable bonds is 4. The predicted octanol–water partition coefficient (Wildman–Crippen LogP) is 3.11. The second kappa shape index (κ2) is 6.60. The Hall–Kier alpha value is -2.48. The summed E-state index contributed by atoms with van der Waals surface area (Å²) >= 11 is 1.43. The molecule has 0 unspecified atom stereocenters. The zero-order valence-electron chi connectivity index (χ0n) is 15.4. The van der Waals surface area contributed by atoms with E-state index < -0.39 is 5.54 Å². The van der Waals surface area contributed by atoms with E-state index in [-0.39, 0.29) is 30.8 Å². The second-order valence-electron chi connectivity index (χ2n) is 7.42. The number of nitrogens with one attached hydrogen (secondary N) is 2. The number of aryl methyl sites for hydroxylation is 2. The number of thiazole rings is 1. The molecule has 1 aliphatic heterocycles. The largest absolute Gasteiger partial charge is 0.325 e. The Kier molecular flexibility index (Phi) is 4.38. The van der Waals surface area contributed by atoms with Gasteiger partial charge < -0.3 is 10.6 Å². The molecule has 1 spiro atoms. The van der Waals surface area contributed by atoms with Gasteiger partial charge in [0.05, 0.1) is 10.2 Å². The zero-order chi connectivity index (χ0) is 19.2. The third-order valence-electron chi connectivity index (χ3n) is 5.34. The van der Waals surface area contributed by atoms with E-state index >= 15 is 0 Å². The maximum absolute atomic E-state index is 12.6. The molecule has 1 aliphatic carbocycles. The lowest BCUT2D eigenvalue weighted by molar-refractivity contribution is -0.131. The molecule has 0 bridgehead atoms. The molecule has 4 amide bonds. The average Bonchev–Trinajstić information content (AvgIpc) is 3.27. The van der Waals surface area contributed by atoms with Crippen molar-refractivity contribution in [1.82, 2.24) is 15.2 Å². The predicted molar refractivity (Wildman–Crippen MR) is 104 cm³/mol. The molecule has 2 heterocycles. The number of aromatic nitrogens is 1. The highest BCUT2D eigenvalue weighted by Crippen LogP contribution is 2.35. The quantitative estimate of drug-likeness (QED) is 0.790. The molecule has 1 saturated heterocycles. The van der Waals surface area contributed by atoms with Gasteiger partial charge in [0.25, 0.3) is 5.91 Å². The van der Waals surface area contributed by atoms with E-state index in [0.717, 1.165) is 34.2 Å². The number of imide groups is 1. The minimum atomic E-state index is -0.726. The van der Waals surface area contributed by atoms with E-state index in [4.69, 9.17) is 0 Å². The average molecular weight is 386 g/mol. The van der Waals surface area contributed by atoms with E-state index in [9.17, 15) is 14.4 Å². The highest BCUT2D eigenvalue weighted by Gasteiger charge is 2.52. The third-order valence-corrected chi connectivity index (χ3v) is 6.26. The van der Waals surface area contributed by atoms with Crippen LogP contribution in [0.15, 0.2) is 12.1 Å². The molecule has 142 valence electrons. The van der Waals surface area contributed by atoms with Crippen molar-refractivity contribution in [2.45, 2.75) is 51.5 Å². The van der Waals surface area contributed by atoms with Gasteiger partial charge >= 0.3 is 6.03 Å². The van der Waals surface area contributed by atoms with Gasteiger partial charge in [-0.15, -0.1) is 0 Å². The van der Waals surface area contributed by atoms with Crippen LogP contribution in [0, 0.1) is 13.8 Å². The molecule has 1 aromatic carbocycles. The van der Waals surface area contributed by atoms with Gasteiger partial charge in [-0.2, -0.15) is 0 Å². The summed E-state index contributed by atoms with van der Waals surface area (Å²) in [6.07, 6.45) is 3.31. The molecule has 27 heavy (non-hydrogen) atoms. The molecular weight excluding hydrogens is 364 g/mol. The Morgan fingerprint density at radius 3 is 2.78 bits per heavy atom. The first kappa shape index (κ1) is 17.9. The first-order valence-corrected chi connectivity index (χ1v) is 10.0. The van der Waals surface area contributed by atoms with Crippen molar-refractivity contribution in [3.8, 4) is 0 Å². The van der Waals surface area contributed by atoms with E-state index in [1.807, 2.05) is 19.9 Å². The van der Waals surface area contributed by atoms with Gasteiger partial charge in [-0.1, -0.05) is 30.2 Å². The van der Waals surface area contributed by atoms with Crippen molar-refractivity contribution in [2.24, 2.45) is 0 Å². The molecule has 2 N–H and O–H groups in total. The van der Waals surface area contributed by atoms with Crippen LogP contribution in [0.3, 0.4) is 0 Å². The van der Waals surface area contributed by atoms with Gasteiger partial charge in [0.2, 0.25) is 5.91 Å². The molecule has 2 aliphatic rings. The fraction of sp³-hybridized carbons (Fsp3) is 0.474. The Morgan fingerprint density at radius 1 is 1.30 bits per heavy atom. The number of hydrogen-bond donors (Lipinski definition) is 2. The molecule has 2 fully saturated rings. The summed E-state index contributed by atoms with van der Waals surface area (Å²) in [7, 11) is 0. The fourth-order valence-electron chi connectivity index (χ4n) is 4.02. The lowest BCUT2D eigenvalue weighted by Crippen LogP contribution is -2.44. The maximum atomic E-state index is 12.6. The zero-order valence-corrected chi connectivity index (χ0v) is 16.2. The van der Waals surface area contributed by atoms with Gasteiger partial charge in [0, 0.05) is 13.0 Å². The summed E-state index contributed by atoms with van der Waals surface area (Å²) in [4.78, 5) is 42.7. The number of anilines is 1.